The van der Waals surface area contributed by atoms with Gasteiger partial charge in [0.15, 0.2) is 11.9 Å². The summed E-state index contributed by atoms with van der Waals surface area (Å²) >= 11 is 0. The predicted molar refractivity (Wildman–Crippen MR) is 70.3 cm³/mol. The van der Waals surface area contributed by atoms with Gasteiger partial charge in [-0.15, -0.1) is 0 Å². The first-order valence-corrected chi connectivity index (χ1v) is 6.78. The smallest absolute Gasteiger partial charge is 0.277 e. The molecule has 0 spiro atoms. The molecule has 2 atom stereocenters. The molecule has 0 aromatic carbocycles. The van der Waals surface area contributed by atoms with Gasteiger partial charge in [0, 0.05) is 31.5 Å². The van der Waals surface area contributed by atoms with E-state index in [2.05, 4.69) is 10.1 Å². The second kappa shape index (κ2) is 4.15. The highest BCUT2D eigenvalue weighted by atomic mass is 16.5. The number of fused-ring (bicyclic) bond motifs is 2. The van der Waals surface area contributed by atoms with Gasteiger partial charge in [0.05, 0.1) is 17.4 Å². The molecule has 106 valence electrons. The lowest BCUT2D eigenvalue weighted by Gasteiger charge is -2.31. The van der Waals surface area contributed by atoms with E-state index in [4.69, 9.17) is 4.74 Å². The normalized spacial score (nSPS) is 25.9. The maximum Gasteiger partial charge on any atom is 0.277 e. The Bertz CT molecular complexity index is 731. The van der Waals surface area contributed by atoms with Gasteiger partial charge in [-0.1, -0.05) is 0 Å². The van der Waals surface area contributed by atoms with Crippen molar-refractivity contribution in [2.45, 2.75) is 32.2 Å². The van der Waals surface area contributed by atoms with Gasteiger partial charge in [0.1, 0.15) is 0 Å². The molecule has 1 saturated heterocycles. The van der Waals surface area contributed by atoms with Crippen LogP contribution < -0.4 is 5.56 Å². The molecule has 0 amide bonds. The molecule has 2 aromatic rings. The molecule has 2 aliphatic rings. The standard InChI is InChI=1S/C13H16N4O3/c1-7-4-10-14-11-9(12(18)17(10)15-7)6-16(13(11)19)5-8-2-3-20-8/h4,8,13,15,19H,2-3,5-6H2,1H3. The van der Waals surface area contributed by atoms with Crippen LogP contribution in [0.2, 0.25) is 0 Å². The topological polar surface area (TPSA) is 82.9 Å². The number of ether oxygens (including phenoxy) is 1. The van der Waals surface area contributed by atoms with Crippen LogP contribution in [0.3, 0.4) is 0 Å². The first-order chi connectivity index (χ1) is 9.63. The molecule has 0 radical (unpaired) electrons. The number of aryl methyl sites for hydroxylation is 1. The van der Waals surface area contributed by atoms with Crippen LogP contribution in [0, 0.1) is 6.92 Å². The minimum absolute atomic E-state index is 0.130. The molecule has 2 unspecified atom stereocenters. The molecule has 2 aliphatic heterocycles. The number of aliphatic hydroxyl groups is 1. The molecule has 4 rings (SSSR count). The van der Waals surface area contributed by atoms with Gasteiger partial charge in [-0.3, -0.25) is 14.8 Å². The molecule has 0 bridgehead atoms. The summed E-state index contributed by atoms with van der Waals surface area (Å²) in [4.78, 5) is 18.7. The van der Waals surface area contributed by atoms with Crippen molar-refractivity contribution >= 4 is 5.65 Å². The Morgan fingerprint density at radius 1 is 1.60 bits per heavy atom. The van der Waals surface area contributed by atoms with Gasteiger partial charge in [-0.2, -0.15) is 0 Å². The van der Waals surface area contributed by atoms with Crippen LogP contribution >= 0.6 is 0 Å². The van der Waals surface area contributed by atoms with E-state index in [0.29, 0.717) is 30.0 Å². The third-order valence-electron chi connectivity index (χ3n) is 4.05. The Morgan fingerprint density at radius 2 is 2.40 bits per heavy atom. The Balaban J connectivity index is 1.74. The lowest BCUT2D eigenvalue weighted by atomic mass is 10.2. The fourth-order valence-electron chi connectivity index (χ4n) is 2.88. The summed E-state index contributed by atoms with van der Waals surface area (Å²) < 4.78 is 6.82. The third-order valence-corrected chi connectivity index (χ3v) is 4.05. The summed E-state index contributed by atoms with van der Waals surface area (Å²) in [6, 6.07) is 1.80. The van der Waals surface area contributed by atoms with Crippen molar-refractivity contribution < 1.29 is 9.84 Å². The van der Waals surface area contributed by atoms with Crippen molar-refractivity contribution in [2.75, 3.05) is 13.2 Å². The monoisotopic (exact) mass is 276 g/mol. The van der Waals surface area contributed by atoms with Gasteiger partial charge in [-0.25, -0.2) is 9.50 Å². The highest BCUT2D eigenvalue weighted by Gasteiger charge is 2.35. The number of nitrogens with zero attached hydrogens (tertiary/aromatic N) is 3. The molecule has 20 heavy (non-hydrogen) atoms. The van der Waals surface area contributed by atoms with Crippen molar-refractivity contribution in [2.24, 2.45) is 0 Å². The largest absolute Gasteiger partial charge is 0.377 e. The third kappa shape index (κ3) is 1.64. The molecular weight excluding hydrogens is 260 g/mol. The van der Waals surface area contributed by atoms with Crippen molar-refractivity contribution in [3.05, 3.63) is 33.4 Å². The van der Waals surface area contributed by atoms with Crippen LogP contribution in [0.15, 0.2) is 10.9 Å². The van der Waals surface area contributed by atoms with E-state index >= 15 is 0 Å². The molecule has 7 heteroatoms. The summed E-state index contributed by atoms with van der Waals surface area (Å²) in [5.41, 5.74) is 2.33. The fourth-order valence-corrected chi connectivity index (χ4v) is 2.88. The number of H-pyrrole nitrogens is 1. The molecular formula is C13H16N4O3. The molecule has 4 heterocycles. The van der Waals surface area contributed by atoms with Crippen LogP contribution in [0.5, 0.6) is 0 Å². The summed E-state index contributed by atoms with van der Waals surface area (Å²) in [6.45, 7) is 3.71. The number of hydrogen-bond donors (Lipinski definition) is 2. The Kier molecular flexibility index (Phi) is 2.50. The summed E-state index contributed by atoms with van der Waals surface area (Å²) in [6.07, 6.45) is 0.349. The van der Waals surface area contributed by atoms with E-state index in [1.165, 1.54) is 4.52 Å². The predicted octanol–water partition coefficient (Wildman–Crippen LogP) is -0.0736. The Labute approximate surface area is 114 Å². The highest BCUT2D eigenvalue weighted by Crippen LogP contribution is 2.30. The summed E-state index contributed by atoms with van der Waals surface area (Å²) in [7, 11) is 0. The quantitative estimate of drug-likeness (QED) is 0.802. The maximum atomic E-state index is 12.4. The zero-order valence-corrected chi connectivity index (χ0v) is 11.2. The Hall–Kier alpha value is -1.70. The van der Waals surface area contributed by atoms with Gasteiger partial charge in [0.25, 0.3) is 5.56 Å². The van der Waals surface area contributed by atoms with E-state index in [0.717, 1.165) is 18.7 Å². The second-order valence-electron chi connectivity index (χ2n) is 5.50. The number of aromatic nitrogens is 3. The Morgan fingerprint density at radius 3 is 3.10 bits per heavy atom. The van der Waals surface area contributed by atoms with Crippen LogP contribution in [-0.4, -0.2) is 43.9 Å². The van der Waals surface area contributed by atoms with Gasteiger partial charge >= 0.3 is 0 Å². The average molecular weight is 276 g/mol. The summed E-state index contributed by atoms with van der Waals surface area (Å²) in [5, 5.41) is 13.3. The van der Waals surface area contributed by atoms with E-state index in [-0.39, 0.29) is 11.7 Å². The van der Waals surface area contributed by atoms with E-state index < -0.39 is 6.23 Å². The van der Waals surface area contributed by atoms with Crippen LogP contribution in [0.1, 0.15) is 29.6 Å². The second-order valence-corrected chi connectivity index (χ2v) is 5.50. The van der Waals surface area contributed by atoms with Crippen molar-refractivity contribution in [1.29, 1.82) is 0 Å². The SMILES string of the molecule is Cc1cc2nc3c(c(=O)n2[nH]1)CN(CC1CCO1)C3O. The molecule has 7 nitrogen and oxygen atoms in total. The molecule has 0 aliphatic carbocycles. The van der Waals surface area contributed by atoms with E-state index in [9.17, 15) is 9.90 Å². The van der Waals surface area contributed by atoms with Crippen LogP contribution in [0.4, 0.5) is 0 Å². The fraction of sp³-hybridized carbons (Fsp3) is 0.538. The van der Waals surface area contributed by atoms with Crippen LogP contribution in [0.25, 0.3) is 5.65 Å². The lowest BCUT2D eigenvalue weighted by molar-refractivity contribution is -0.0944. The zero-order chi connectivity index (χ0) is 13.9. The molecule has 0 saturated carbocycles. The molecule has 1 fully saturated rings. The van der Waals surface area contributed by atoms with Crippen LogP contribution in [-0.2, 0) is 11.3 Å². The minimum atomic E-state index is -0.817. The zero-order valence-electron chi connectivity index (χ0n) is 11.2. The summed E-state index contributed by atoms with van der Waals surface area (Å²) in [5.74, 6) is 0. The molecule has 2 aromatic heterocycles. The van der Waals surface area contributed by atoms with Crippen molar-refractivity contribution in [3.8, 4) is 0 Å². The number of rotatable bonds is 2. The van der Waals surface area contributed by atoms with Gasteiger partial charge in [-0.05, 0) is 13.3 Å². The highest BCUT2D eigenvalue weighted by molar-refractivity contribution is 5.43. The van der Waals surface area contributed by atoms with Crippen molar-refractivity contribution in [1.82, 2.24) is 19.5 Å². The molecule has 2 N–H and O–H groups in total. The first-order valence-electron chi connectivity index (χ1n) is 6.78. The maximum absolute atomic E-state index is 12.4. The van der Waals surface area contributed by atoms with Crippen molar-refractivity contribution in [3.63, 3.8) is 0 Å². The van der Waals surface area contributed by atoms with Gasteiger partial charge < -0.3 is 9.84 Å². The van der Waals surface area contributed by atoms with Gasteiger partial charge in [0.2, 0.25) is 0 Å². The number of aliphatic hydroxyl groups excluding tert-OH is 1. The van der Waals surface area contributed by atoms with E-state index in [1.54, 1.807) is 6.07 Å². The lowest BCUT2D eigenvalue weighted by Crippen LogP contribution is -2.39. The number of aromatic amines is 1. The average Bonchev–Trinajstić information content (AvgIpc) is 2.87. The number of hydrogen-bond acceptors (Lipinski definition) is 5. The minimum Gasteiger partial charge on any atom is -0.377 e. The number of nitrogens with one attached hydrogen (secondary N) is 1. The van der Waals surface area contributed by atoms with E-state index in [1.807, 2.05) is 11.8 Å². The first kappa shape index (κ1) is 12.1.